The molecule has 0 atom stereocenters. The zero-order valence-corrected chi connectivity index (χ0v) is 10.3. The van der Waals surface area contributed by atoms with Crippen LogP contribution in [0.1, 0.15) is 13.8 Å². The molecular formula is C10H10F6O4. The van der Waals surface area contributed by atoms with Gasteiger partial charge in [-0.1, -0.05) is 6.58 Å². The van der Waals surface area contributed by atoms with Crippen LogP contribution in [0, 0.1) is 0 Å². The fourth-order valence-electron chi connectivity index (χ4n) is 1.01. The fraction of sp³-hybridized carbons (Fsp3) is 0.600. The first-order valence-electron chi connectivity index (χ1n) is 4.90. The van der Waals surface area contributed by atoms with Crippen LogP contribution in [0.3, 0.4) is 0 Å². The summed E-state index contributed by atoms with van der Waals surface area (Å²) in [5.74, 6) is -3.30. The summed E-state index contributed by atoms with van der Waals surface area (Å²) in [5, 5.41) is 0. The van der Waals surface area contributed by atoms with Crippen LogP contribution >= 0.6 is 0 Å². The van der Waals surface area contributed by atoms with E-state index < -0.39 is 42.1 Å². The van der Waals surface area contributed by atoms with Gasteiger partial charge in [0.15, 0.2) is 0 Å². The summed E-state index contributed by atoms with van der Waals surface area (Å²) in [4.78, 5) is 21.5. The summed E-state index contributed by atoms with van der Waals surface area (Å²) in [6.07, 6.45) is -12.0. The monoisotopic (exact) mass is 308 g/mol. The number of hydrogen-bond acceptors (Lipinski definition) is 4. The molecule has 0 fully saturated rings. The molecule has 0 bridgehead atoms. The maximum Gasteiger partial charge on any atom is 0.441 e. The third-order valence-electron chi connectivity index (χ3n) is 1.99. The van der Waals surface area contributed by atoms with Crippen LogP contribution in [0.15, 0.2) is 12.2 Å². The molecule has 0 unspecified atom stereocenters. The molecule has 0 amide bonds. The smallest absolute Gasteiger partial charge is 0.441 e. The maximum absolute atomic E-state index is 12.7. The highest BCUT2D eigenvalue weighted by atomic mass is 19.4. The van der Waals surface area contributed by atoms with Gasteiger partial charge in [0.2, 0.25) is 0 Å². The van der Waals surface area contributed by atoms with Gasteiger partial charge in [0, 0.05) is 12.5 Å². The number of alkyl halides is 6. The number of esters is 2. The Morgan fingerprint density at radius 3 is 1.65 bits per heavy atom. The summed E-state index contributed by atoms with van der Waals surface area (Å²) in [5.41, 5.74) is -5.33. The van der Waals surface area contributed by atoms with E-state index in [-0.39, 0.29) is 0 Å². The van der Waals surface area contributed by atoms with Crippen molar-refractivity contribution in [1.29, 1.82) is 0 Å². The quantitative estimate of drug-likeness (QED) is 0.455. The molecule has 20 heavy (non-hydrogen) atoms. The largest absolute Gasteiger partial charge is 0.457 e. The minimum absolute atomic E-state index is 0.368. The first-order chi connectivity index (χ1) is 8.74. The Balaban J connectivity index is 5.59. The molecule has 0 heterocycles. The van der Waals surface area contributed by atoms with Crippen LogP contribution in [-0.4, -0.2) is 36.5 Å². The van der Waals surface area contributed by atoms with Crippen molar-refractivity contribution in [3.63, 3.8) is 0 Å². The molecule has 10 heteroatoms. The Labute approximate surface area is 109 Å². The van der Waals surface area contributed by atoms with Gasteiger partial charge >= 0.3 is 29.9 Å². The molecule has 0 saturated heterocycles. The van der Waals surface area contributed by atoms with Crippen molar-refractivity contribution < 1.29 is 45.4 Å². The van der Waals surface area contributed by atoms with E-state index in [9.17, 15) is 35.9 Å². The third kappa shape index (κ3) is 3.87. The van der Waals surface area contributed by atoms with E-state index in [0.717, 1.165) is 6.92 Å². The first-order valence-corrected chi connectivity index (χ1v) is 4.90. The van der Waals surface area contributed by atoms with Gasteiger partial charge in [-0.2, -0.15) is 26.3 Å². The lowest BCUT2D eigenvalue weighted by Crippen LogP contribution is -2.62. The van der Waals surface area contributed by atoms with Crippen molar-refractivity contribution in [2.45, 2.75) is 31.8 Å². The Hall–Kier alpha value is -1.74. The average molecular weight is 308 g/mol. The summed E-state index contributed by atoms with van der Waals surface area (Å²) in [6, 6.07) is 0. The van der Waals surface area contributed by atoms with Crippen LogP contribution < -0.4 is 0 Å². The predicted molar refractivity (Wildman–Crippen MR) is 52.4 cm³/mol. The van der Waals surface area contributed by atoms with Gasteiger partial charge in [-0.3, -0.25) is 4.79 Å². The van der Waals surface area contributed by atoms with Crippen molar-refractivity contribution in [3.8, 4) is 0 Å². The molecule has 0 aromatic heterocycles. The Morgan fingerprint density at radius 2 is 1.40 bits per heavy atom. The molecule has 0 aliphatic carbocycles. The zero-order chi connectivity index (χ0) is 16.4. The van der Waals surface area contributed by atoms with Gasteiger partial charge in [-0.05, 0) is 6.92 Å². The first kappa shape index (κ1) is 18.3. The lowest BCUT2D eigenvalue weighted by Gasteiger charge is -2.35. The molecule has 0 N–H and O–H groups in total. The number of carbonyl (C=O) groups is 2. The lowest BCUT2D eigenvalue weighted by molar-refractivity contribution is -0.376. The molecular weight excluding hydrogens is 298 g/mol. The molecule has 4 nitrogen and oxygen atoms in total. The fourth-order valence-corrected chi connectivity index (χ4v) is 1.01. The highest BCUT2D eigenvalue weighted by Gasteiger charge is 2.75. The van der Waals surface area contributed by atoms with Gasteiger partial charge in [0.1, 0.15) is 6.61 Å². The number of ether oxygens (including phenoxy) is 2. The van der Waals surface area contributed by atoms with Crippen molar-refractivity contribution in [2.24, 2.45) is 0 Å². The molecule has 0 aromatic carbocycles. The summed E-state index contributed by atoms with van der Waals surface area (Å²) in [6.45, 7) is 2.14. The van der Waals surface area contributed by atoms with E-state index >= 15 is 0 Å². The van der Waals surface area contributed by atoms with E-state index in [1.165, 1.54) is 0 Å². The highest BCUT2D eigenvalue weighted by Crippen LogP contribution is 2.46. The molecule has 0 aromatic rings. The Kier molecular flexibility index (Phi) is 5.22. The number of halogens is 6. The molecule has 0 spiro atoms. The third-order valence-corrected chi connectivity index (χ3v) is 1.99. The molecule has 0 radical (unpaired) electrons. The van der Waals surface area contributed by atoms with Crippen molar-refractivity contribution in [2.75, 3.05) is 6.61 Å². The Bertz CT molecular complexity index is 395. The van der Waals surface area contributed by atoms with Crippen molar-refractivity contribution >= 4 is 11.9 Å². The lowest BCUT2D eigenvalue weighted by atomic mass is 10.0. The van der Waals surface area contributed by atoms with Gasteiger partial charge in [0.05, 0.1) is 0 Å². The molecule has 0 aliphatic heterocycles. The SMILES string of the molecule is C=C(C)C(=O)OCC(OC(C)=O)(C(F)(F)F)C(F)(F)F. The zero-order valence-electron chi connectivity index (χ0n) is 10.3. The predicted octanol–water partition coefficient (Wildman–Crippen LogP) is 2.53. The van der Waals surface area contributed by atoms with E-state index in [1.54, 1.807) is 0 Å². The van der Waals surface area contributed by atoms with Crippen molar-refractivity contribution in [3.05, 3.63) is 12.2 Å². The van der Waals surface area contributed by atoms with E-state index in [0.29, 0.717) is 6.92 Å². The number of hydrogen-bond donors (Lipinski definition) is 0. The molecule has 0 rings (SSSR count). The molecule has 0 saturated carbocycles. The van der Waals surface area contributed by atoms with Gasteiger partial charge in [-0.15, -0.1) is 0 Å². The minimum atomic E-state index is -6.02. The molecule has 0 aliphatic rings. The summed E-state index contributed by atoms with van der Waals surface area (Å²) < 4.78 is 83.3. The summed E-state index contributed by atoms with van der Waals surface area (Å²) >= 11 is 0. The van der Waals surface area contributed by atoms with Crippen LogP contribution in [-0.2, 0) is 19.1 Å². The highest BCUT2D eigenvalue weighted by molar-refractivity contribution is 5.87. The van der Waals surface area contributed by atoms with E-state index in [2.05, 4.69) is 16.1 Å². The van der Waals surface area contributed by atoms with Crippen molar-refractivity contribution in [1.82, 2.24) is 0 Å². The van der Waals surface area contributed by atoms with Gasteiger partial charge in [0.25, 0.3) is 0 Å². The van der Waals surface area contributed by atoms with Crippen LogP contribution in [0.5, 0.6) is 0 Å². The number of carbonyl (C=O) groups excluding carboxylic acids is 2. The van der Waals surface area contributed by atoms with Crippen LogP contribution in [0.25, 0.3) is 0 Å². The van der Waals surface area contributed by atoms with Crippen LogP contribution in [0.4, 0.5) is 26.3 Å². The second kappa shape index (κ2) is 5.71. The Morgan fingerprint density at radius 1 is 1.00 bits per heavy atom. The van der Waals surface area contributed by atoms with Gasteiger partial charge < -0.3 is 9.47 Å². The topological polar surface area (TPSA) is 52.6 Å². The van der Waals surface area contributed by atoms with E-state index in [1.807, 2.05) is 0 Å². The average Bonchev–Trinajstić information content (AvgIpc) is 2.19. The standard InChI is InChI=1S/C10H10F6O4/c1-5(2)7(18)19-4-8(9(11,12)13,10(14,15)16)20-6(3)17/h1,4H2,2-3H3. The minimum Gasteiger partial charge on any atom is -0.457 e. The maximum atomic E-state index is 12.7. The second-order valence-electron chi connectivity index (χ2n) is 3.77. The summed E-state index contributed by atoms with van der Waals surface area (Å²) in [7, 11) is 0. The normalized spacial score (nSPS) is 12.8. The van der Waals surface area contributed by atoms with Gasteiger partial charge in [-0.25, -0.2) is 4.79 Å². The second-order valence-corrected chi connectivity index (χ2v) is 3.77. The van der Waals surface area contributed by atoms with E-state index in [4.69, 9.17) is 0 Å². The number of rotatable bonds is 4. The molecule has 116 valence electrons. The van der Waals surface area contributed by atoms with Crippen LogP contribution in [0.2, 0.25) is 0 Å².